The van der Waals surface area contributed by atoms with Gasteiger partial charge in [-0.2, -0.15) is 0 Å². The van der Waals surface area contributed by atoms with Gasteiger partial charge < -0.3 is 5.11 Å². The highest BCUT2D eigenvalue weighted by Gasteiger charge is 2.56. The average Bonchev–Trinajstić information content (AvgIpc) is 2.38. The molecule has 0 radical (unpaired) electrons. The highest BCUT2D eigenvalue weighted by molar-refractivity contribution is 5.48. The average molecular weight is 260 g/mol. The first-order valence-electron chi connectivity index (χ1n) is 6.65. The van der Waals surface area contributed by atoms with Gasteiger partial charge in [-0.3, -0.25) is 0 Å². The van der Waals surface area contributed by atoms with Crippen molar-refractivity contribution < 1.29 is 14.9 Å². The summed E-state index contributed by atoms with van der Waals surface area (Å²) < 4.78 is 0. The van der Waals surface area contributed by atoms with Gasteiger partial charge >= 0.3 is 0 Å². The second-order valence-electron chi connectivity index (χ2n) is 6.71. The van der Waals surface area contributed by atoms with Crippen LogP contribution < -0.4 is 0 Å². The Balaban J connectivity index is 2.21. The Hall–Kier alpha value is -1.16. The normalized spacial score (nSPS) is 34.2. The van der Waals surface area contributed by atoms with E-state index in [1.165, 1.54) is 0 Å². The zero-order valence-corrected chi connectivity index (χ0v) is 11.8. The first-order valence-corrected chi connectivity index (χ1v) is 6.65. The van der Waals surface area contributed by atoms with Crippen LogP contribution in [0.3, 0.4) is 0 Å². The summed E-state index contributed by atoms with van der Waals surface area (Å²) in [6.07, 6.45) is 3.23. The Morgan fingerprint density at radius 2 is 1.68 bits per heavy atom. The molecule has 0 amide bonds. The van der Waals surface area contributed by atoms with Crippen LogP contribution in [0, 0.1) is 5.41 Å². The minimum atomic E-state index is -0.910. The van der Waals surface area contributed by atoms with Gasteiger partial charge in [0.1, 0.15) is 5.60 Å². The molecule has 0 spiro atoms. The van der Waals surface area contributed by atoms with E-state index in [4.69, 9.17) is 9.78 Å². The number of benzene rings is 1. The molecular formula is C16H20O3. The van der Waals surface area contributed by atoms with Crippen molar-refractivity contribution in [1.29, 1.82) is 0 Å². The molecule has 1 aliphatic carbocycles. The molecule has 0 saturated carbocycles. The van der Waals surface area contributed by atoms with E-state index in [2.05, 4.69) is 0 Å². The van der Waals surface area contributed by atoms with E-state index >= 15 is 0 Å². The molecule has 1 N–H and O–H groups in total. The van der Waals surface area contributed by atoms with Crippen molar-refractivity contribution >= 4 is 0 Å². The third-order valence-electron chi connectivity index (χ3n) is 4.11. The van der Waals surface area contributed by atoms with Crippen molar-refractivity contribution in [2.24, 2.45) is 5.41 Å². The topological polar surface area (TPSA) is 38.7 Å². The molecule has 2 heterocycles. The summed E-state index contributed by atoms with van der Waals surface area (Å²) in [7, 11) is 0. The molecule has 19 heavy (non-hydrogen) atoms. The van der Waals surface area contributed by atoms with Crippen molar-refractivity contribution in [2.75, 3.05) is 0 Å². The molecule has 0 aromatic heterocycles. The van der Waals surface area contributed by atoms with E-state index in [1.807, 2.05) is 64.1 Å². The van der Waals surface area contributed by atoms with Crippen LogP contribution in [0.5, 0.6) is 0 Å². The molecule has 3 aliphatic rings. The van der Waals surface area contributed by atoms with Crippen LogP contribution in [0.15, 0.2) is 36.4 Å². The van der Waals surface area contributed by atoms with Gasteiger partial charge in [-0.25, -0.2) is 9.78 Å². The first-order chi connectivity index (χ1) is 8.80. The largest absolute Gasteiger partial charge is 0.389 e. The molecule has 2 bridgehead atoms. The standard InChI is InChI=1S/C16H20O3/c1-14(2,3)13(17)16-10-9-15(4,18-19-16)11-7-5-6-8-12(11)16/h5-10,13,17H,1-4H3/t13-,15-,16+/m1/s1. The molecule has 0 saturated heterocycles. The van der Waals surface area contributed by atoms with Crippen LogP contribution in [0.4, 0.5) is 0 Å². The van der Waals surface area contributed by atoms with E-state index in [-0.39, 0.29) is 5.41 Å². The van der Waals surface area contributed by atoms with E-state index in [0.717, 1.165) is 11.1 Å². The SMILES string of the molecule is CC(C)(C)[C@@H](O)[C@@]12C=C[C@@](C)(OO1)c1ccccc12. The maximum Gasteiger partial charge on any atom is 0.173 e. The van der Waals surface area contributed by atoms with Gasteiger partial charge in [0.2, 0.25) is 0 Å². The second-order valence-corrected chi connectivity index (χ2v) is 6.71. The molecule has 0 fully saturated rings. The number of aliphatic hydroxyl groups excluding tert-OH is 1. The Kier molecular flexibility index (Phi) is 2.50. The third kappa shape index (κ3) is 1.62. The smallest absolute Gasteiger partial charge is 0.173 e. The Morgan fingerprint density at radius 1 is 1.05 bits per heavy atom. The van der Waals surface area contributed by atoms with Crippen LogP contribution in [0.1, 0.15) is 38.8 Å². The van der Waals surface area contributed by atoms with Crippen LogP contribution in [-0.2, 0) is 21.0 Å². The summed E-state index contributed by atoms with van der Waals surface area (Å²) in [4.78, 5) is 11.2. The lowest BCUT2D eigenvalue weighted by Gasteiger charge is -2.51. The van der Waals surface area contributed by atoms with Crippen molar-refractivity contribution in [1.82, 2.24) is 0 Å². The number of hydrogen-bond donors (Lipinski definition) is 1. The monoisotopic (exact) mass is 260 g/mol. The molecule has 102 valence electrons. The van der Waals surface area contributed by atoms with Gasteiger partial charge in [-0.05, 0) is 30.1 Å². The molecule has 1 aromatic carbocycles. The summed E-state index contributed by atoms with van der Waals surface area (Å²) >= 11 is 0. The van der Waals surface area contributed by atoms with E-state index in [1.54, 1.807) is 0 Å². The lowest BCUT2D eigenvalue weighted by Crippen LogP contribution is -2.55. The number of rotatable bonds is 1. The molecule has 0 unspecified atom stereocenters. The quantitative estimate of drug-likeness (QED) is 0.623. The molecule has 2 aliphatic heterocycles. The fraction of sp³-hybridized carbons (Fsp3) is 0.500. The second kappa shape index (κ2) is 3.69. The molecule has 3 atom stereocenters. The van der Waals surface area contributed by atoms with Crippen LogP contribution in [0.2, 0.25) is 0 Å². The van der Waals surface area contributed by atoms with Gasteiger partial charge in [0.05, 0.1) is 6.10 Å². The molecular weight excluding hydrogens is 240 g/mol. The maximum atomic E-state index is 10.8. The maximum absolute atomic E-state index is 10.8. The summed E-state index contributed by atoms with van der Waals surface area (Å²) in [5.74, 6) is 0. The lowest BCUT2D eigenvalue weighted by atomic mass is 9.68. The number of hydrogen-bond acceptors (Lipinski definition) is 3. The van der Waals surface area contributed by atoms with Gasteiger partial charge in [0.15, 0.2) is 5.60 Å². The Labute approximate surface area is 113 Å². The number of aliphatic hydroxyl groups is 1. The highest BCUT2D eigenvalue weighted by Crippen LogP contribution is 2.52. The third-order valence-corrected chi connectivity index (χ3v) is 4.11. The van der Waals surface area contributed by atoms with Gasteiger partial charge in [-0.1, -0.05) is 45.0 Å². The van der Waals surface area contributed by atoms with Crippen molar-refractivity contribution in [2.45, 2.75) is 45.0 Å². The molecule has 3 heteroatoms. The van der Waals surface area contributed by atoms with Gasteiger partial charge in [-0.15, -0.1) is 0 Å². The van der Waals surface area contributed by atoms with Crippen molar-refractivity contribution in [3.05, 3.63) is 47.5 Å². The summed E-state index contributed by atoms with van der Waals surface area (Å²) in [6, 6.07) is 8.00. The zero-order valence-electron chi connectivity index (χ0n) is 11.8. The lowest BCUT2D eigenvalue weighted by molar-refractivity contribution is -0.436. The number of fused-ring (bicyclic) bond motifs is 1. The fourth-order valence-electron chi connectivity index (χ4n) is 2.95. The summed E-state index contributed by atoms with van der Waals surface area (Å²) in [6.45, 7) is 7.95. The first kappa shape index (κ1) is 12.9. The Morgan fingerprint density at radius 3 is 2.21 bits per heavy atom. The summed E-state index contributed by atoms with van der Waals surface area (Å²) in [5.41, 5.74) is 0.273. The molecule has 3 nitrogen and oxygen atoms in total. The predicted octanol–water partition coefficient (Wildman–Crippen LogP) is 3.04. The van der Waals surface area contributed by atoms with E-state index < -0.39 is 17.3 Å². The van der Waals surface area contributed by atoms with Crippen LogP contribution >= 0.6 is 0 Å². The zero-order chi connectivity index (χ0) is 13.9. The predicted molar refractivity (Wildman–Crippen MR) is 72.2 cm³/mol. The molecule has 4 rings (SSSR count). The van der Waals surface area contributed by atoms with Gasteiger partial charge in [0.25, 0.3) is 0 Å². The van der Waals surface area contributed by atoms with E-state index in [9.17, 15) is 5.11 Å². The van der Waals surface area contributed by atoms with E-state index in [0.29, 0.717) is 0 Å². The minimum Gasteiger partial charge on any atom is -0.389 e. The van der Waals surface area contributed by atoms with Crippen LogP contribution in [0.25, 0.3) is 0 Å². The Bertz CT molecular complexity index is 543. The minimum absolute atomic E-state index is 0.314. The molecule has 1 aromatic rings. The van der Waals surface area contributed by atoms with Crippen molar-refractivity contribution in [3.63, 3.8) is 0 Å². The van der Waals surface area contributed by atoms with Crippen LogP contribution in [-0.4, -0.2) is 11.2 Å². The fourth-order valence-corrected chi connectivity index (χ4v) is 2.95. The highest BCUT2D eigenvalue weighted by atomic mass is 17.2. The van der Waals surface area contributed by atoms with Gasteiger partial charge in [0, 0.05) is 5.56 Å². The van der Waals surface area contributed by atoms with Crippen molar-refractivity contribution in [3.8, 4) is 0 Å². The summed E-state index contributed by atoms with van der Waals surface area (Å²) in [5, 5.41) is 10.8.